The SMILES string of the molecule is COc1ccccc1[C@@H](N)C(=O)N(C)Cc1cccs1. The average molecular weight is 290 g/mol. The Bertz CT molecular complexity index is 569. The Balaban J connectivity index is 2.11. The minimum absolute atomic E-state index is 0.122. The van der Waals surface area contributed by atoms with Crippen LogP contribution < -0.4 is 10.5 Å². The zero-order valence-corrected chi connectivity index (χ0v) is 12.4. The van der Waals surface area contributed by atoms with Gasteiger partial charge >= 0.3 is 0 Å². The van der Waals surface area contributed by atoms with Crippen molar-refractivity contribution in [2.75, 3.05) is 14.2 Å². The van der Waals surface area contributed by atoms with E-state index in [4.69, 9.17) is 10.5 Å². The molecule has 0 spiro atoms. The van der Waals surface area contributed by atoms with Gasteiger partial charge in [-0.25, -0.2) is 0 Å². The minimum Gasteiger partial charge on any atom is -0.496 e. The van der Waals surface area contributed by atoms with E-state index < -0.39 is 6.04 Å². The zero-order valence-electron chi connectivity index (χ0n) is 11.6. The van der Waals surface area contributed by atoms with Gasteiger partial charge in [0.15, 0.2) is 0 Å². The first-order chi connectivity index (χ1) is 9.63. The predicted molar refractivity (Wildman–Crippen MR) is 80.7 cm³/mol. The molecular formula is C15H18N2O2S. The summed E-state index contributed by atoms with van der Waals surface area (Å²) in [5.41, 5.74) is 6.78. The van der Waals surface area contributed by atoms with E-state index in [0.717, 1.165) is 4.88 Å². The molecule has 0 unspecified atom stereocenters. The third-order valence-electron chi connectivity index (χ3n) is 3.09. The summed E-state index contributed by atoms with van der Waals surface area (Å²) in [6, 6.07) is 10.6. The van der Waals surface area contributed by atoms with Gasteiger partial charge in [0.1, 0.15) is 11.8 Å². The van der Waals surface area contributed by atoms with E-state index in [1.54, 1.807) is 30.4 Å². The fourth-order valence-electron chi connectivity index (χ4n) is 2.01. The number of thiophene rings is 1. The van der Waals surface area contributed by atoms with Crippen LogP contribution in [0.3, 0.4) is 0 Å². The second-order valence-corrected chi connectivity index (χ2v) is 5.53. The third-order valence-corrected chi connectivity index (χ3v) is 3.95. The van der Waals surface area contributed by atoms with E-state index in [2.05, 4.69) is 0 Å². The van der Waals surface area contributed by atoms with Gasteiger partial charge in [0.25, 0.3) is 0 Å². The van der Waals surface area contributed by atoms with Crippen LogP contribution >= 0.6 is 11.3 Å². The van der Waals surface area contributed by atoms with Gasteiger partial charge in [-0.2, -0.15) is 0 Å². The fourth-order valence-corrected chi connectivity index (χ4v) is 2.77. The number of carbonyl (C=O) groups is 1. The summed E-state index contributed by atoms with van der Waals surface area (Å²) < 4.78 is 5.25. The number of rotatable bonds is 5. The molecule has 4 nitrogen and oxygen atoms in total. The van der Waals surface area contributed by atoms with Crippen LogP contribution in [0.5, 0.6) is 5.75 Å². The lowest BCUT2D eigenvalue weighted by Gasteiger charge is -2.22. The van der Waals surface area contributed by atoms with Gasteiger partial charge in [0.2, 0.25) is 5.91 Å². The van der Waals surface area contributed by atoms with Crippen molar-refractivity contribution in [1.29, 1.82) is 0 Å². The van der Waals surface area contributed by atoms with E-state index in [1.165, 1.54) is 0 Å². The molecule has 0 aliphatic rings. The second kappa shape index (κ2) is 6.54. The van der Waals surface area contributed by atoms with Crippen molar-refractivity contribution in [1.82, 2.24) is 4.90 Å². The monoisotopic (exact) mass is 290 g/mol. The minimum atomic E-state index is -0.712. The number of amides is 1. The summed E-state index contributed by atoms with van der Waals surface area (Å²) in [6.45, 7) is 0.569. The normalized spacial score (nSPS) is 11.9. The van der Waals surface area contributed by atoms with Crippen LogP contribution in [-0.2, 0) is 11.3 Å². The number of hydrogen-bond donors (Lipinski definition) is 1. The topological polar surface area (TPSA) is 55.6 Å². The summed E-state index contributed by atoms with van der Waals surface area (Å²) >= 11 is 1.62. The Morgan fingerprint density at radius 3 is 2.75 bits per heavy atom. The van der Waals surface area contributed by atoms with Gasteiger partial charge in [0, 0.05) is 17.5 Å². The van der Waals surface area contributed by atoms with E-state index in [-0.39, 0.29) is 5.91 Å². The van der Waals surface area contributed by atoms with Crippen molar-refractivity contribution in [3.8, 4) is 5.75 Å². The standard InChI is InChI=1S/C15H18N2O2S/c1-17(10-11-6-5-9-20-11)15(18)14(16)12-7-3-4-8-13(12)19-2/h3-9,14H,10,16H2,1-2H3/t14-/m1/s1. The summed E-state index contributed by atoms with van der Waals surface area (Å²) in [7, 11) is 3.34. The number of para-hydroxylation sites is 1. The smallest absolute Gasteiger partial charge is 0.244 e. The van der Waals surface area contributed by atoms with Crippen molar-refractivity contribution < 1.29 is 9.53 Å². The molecule has 1 aromatic heterocycles. The quantitative estimate of drug-likeness (QED) is 0.920. The fraction of sp³-hybridized carbons (Fsp3) is 0.267. The molecule has 1 heterocycles. The Hall–Kier alpha value is -1.85. The molecule has 20 heavy (non-hydrogen) atoms. The van der Waals surface area contributed by atoms with Crippen molar-refractivity contribution in [3.63, 3.8) is 0 Å². The first kappa shape index (κ1) is 14.6. The summed E-state index contributed by atoms with van der Waals surface area (Å²) in [5, 5.41) is 1.99. The van der Waals surface area contributed by atoms with Gasteiger partial charge in [-0.15, -0.1) is 11.3 Å². The Morgan fingerprint density at radius 1 is 1.35 bits per heavy atom. The van der Waals surface area contributed by atoms with Gasteiger partial charge < -0.3 is 15.4 Å². The molecule has 0 saturated carbocycles. The van der Waals surface area contributed by atoms with Crippen LogP contribution in [0.1, 0.15) is 16.5 Å². The molecule has 0 fully saturated rings. The zero-order chi connectivity index (χ0) is 14.5. The van der Waals surface area contributed by atoms with E-state index in [9.17, 15) is 4.79 Å². The largest absolute Gasteiger partial charge is 0.496 e. The molecule has 0 saturated heterocycles. The highest BCUT2D eigenvalue weighted by Gasteiger charge is 2.22. The lowest BCUT2D eigenvalue weighted by atomic mass is 10.1. The van der Waals surface area contributed by atoms with Crippen molar-refractivity contribution in [2.45, 2.75) is 12.6 Å². The average Bonchev–Trinajstić information content (AvgIpc) is 2.98. The number of nitrogens with zero attached hydrogens (tertiary/aromatic N) is 1. The molecule has 2 rings (SSSR count). The molecule has 1 atom stereocenters. The van der Waals surface area contributed by atoms with Crippen LogP contribution in [0.25, 0.3) is 0 Å². The summed E-state index contributed by atoms with van der Waals surface area (Å²) in [6.07, 6.45) is 0. The van der Waals surface area contributed by atoms with Crippen LogP contribution in [0.15, 0.2) is 41.8 Å². The molecule has 1 aromatic carbocycles. The molecule has 1 amide bonds. The second-order valence-electron chi connectivity index (χ2n) is 4.49. The highest BCUT2D eigenvalue weighted by molar-refractivity contribution is 7.09. The first-order valence-corrected chi connectivity index (χ1v) is 7.17. The molecule has 2 N–H and O–H groups in total. The Kier molecular flexibility index (Phi) is 4.76. The third kappa shape index (κ3) is 3.18. The van der Waals surface area contributed by atoms with Crippen molar-refractivity contribution in [2.24, 2.45) is 5.73 Å². The van der Waals surface area contributed by atoms with Crippen molar-refractivity contribution in [3.05, 3.63) is 52.2 Å². The molecule has 0 aliphatic heterocycles. The summed E-state index contributed by atoms with van der Waals surface area (Å²) in [4.78, 5) is 15.2. The van der Waals surface area contributed by atoms with Crippen LogP contribution in [0.4, 0.5) is 0 Å². The van der Waals surface area contributed by atoms with Gasteiger partial charge in [-0.1, -0.05) is 24.3 Å². The molecule has 106 valence electrons. The number of ether oxygens (including phenoxy) is 1. The maximum absolute atomic E-state index is 12.4. The Morgan fingerprint density at radius 2 is 2.10 bits per heavy atom. The van der Waals surface area contributed by atoms with E-state index in [0.29, 0.717) is 17.9 Å². The lowest BCUT2D eigenvalue weighted by Crippen LogP contribution is -2.35. The van der Waals surface area contributed by atoms with E-state index in [1.807, 2.05) is 41.8 Å². The number of nitrogens with two attached hydrogens (primary N) is 1. The molecule has 2 aromatic rings. The van der Waals surface area contributed by atoms with Crippen LogP contribution in [0.2, 0.25) is 0 Å². The van der Waals surface area contributed by atoms with Gasteiger partial charge in [-0.05, 0) is 17.5 Å². The number of carbonyl (C=O) groups excluding carboxylic acids is 1. The number of benzene rings is 1. The first-order valence-electron chi connectivity index (χ1n) is 6.29. The Labute approximate surface area is 122 Å². The molecular weight excluding hydrogens is 272 g/mol. The maximum Gasteiger partial charge on any atom is 0.244 e. The highest BCUT2D eigenvalue weighted by atomic mass is 32.1. The number of methoxy groups -OCH3 is 1. The van der Waals surface area contributed by atoms with Crippen LogP contribution in [-0.4, -0.2) is 25.0 Å². The highest BCUT2D eigenvalue weighted by Crippen LogP contribution is 2.24. The lowest BCUT2D eigenvalue weighted by molar-refractivity contribution is -0.131. The van der Waals surface area contributed by atoms with Crippen molar-refractivity contribution >= 4 is 17.2 Å². The summed E-state index contributed by atoms with van der Waals surface area (Å²) in [5.74, 6) is 0.515. The van der Waals surface area contributed by atoms with Gasteiger partial charge in [0.05, 0.1) is 13.7 Å². The van der Waals surface area contributed by atoms with Crippen LogP contribution in [0, 0.1) is 0 Å². The number of likely N-dealkylation sites (N-methyl/N-ethyl adjacent to an activating group) is 1. The maximum atomic E-state index is 12.4. The molecule has 0 radical (unpaired) electrons. The molecule has 0 aliphatic carbocycles. The molecule has 0 bridgehead atoms. The predicted octanol–water partition coefficient (Wildman–Crippen LogP) is 2.42. The van der Waals surface area contributed by atoms with E-state index >= 15 is 0 Å². The number of hydrogen-bond acceptors (Lipinski definition) is 4. The molecule has 5 heteroatoms. The van der Waals surface area contributed by atoms with Gasteiger partial charge in [-0.3, -0.25) is 4.79 Å².